The normalized spacial score (nSPS) is 11.6. The van der Waals surface area contributed by atoms with Crippen LogP contribution in [0.4, 0.5) is 0 Å². The van der Waals surface area contributed by atoms with E-state index in [1.165, 1.54) is 14.0 Å². The van der Waals surface area contributed by atoms with E-state index >= 15 is 0 Å². The number of nitrogens with zero attached hydrogens (tertiary/aromatic N) is 3. The van der Waals surface area contributed by atoms with Crippen LogP contribution in [-0.2, 0) is 14.3 Å². The van der Waals surface area contributed by atoms with Gasteiger partial charge in [0.25, 0.3) is 5.82 Å². The van der Waals surface area contributed by atoms with Gasteiger partial charge in [-0.1, -0.05) is 48.5 Å². The predicted molar refractivity (Wildman–Crippen MR) is 93.7 cm³/mol. The second-order valence-electron chi connectivity index (χ2n) is 5.44. The van der Waals surface area contributed by atoms with Crippen LogP contribution in [0, 0.1) is 0 Å². The van der Waals surface area contributed by atoms with Gasteiger partial charge in [0, 0.05) is 5.56 Å². The molecule has 0 N–H and O–H groups in total. The third-order valence-electron chi connectivity index (χ3n) is 3.64. The van der Waals surface area contributed by atoms with Crippen LogP contribution in [0.1, 0.15) is 17.5 Å². The number of para-hydroxylation sites is 1. The molecule has 0 aliphatic heterocycles. The van der Waals surface area contributed by atoms with Gasteiger partial charge in [-0.05, 0) is 19.1 Å². The molecule has 0 radical (unpaired) electrons. The van der Waals surface area contributed by atoms with Crippen LogP contribution in [0.3, 0.4) is 0 Å². The molecule has 0 bridgehead atoms. The van der Waals surface area contributed by atoms with Crippen molar-refractivity contribution in [3.63, 3.8) is 0 Å². The lowest BCUT2D eigenvalue weighted by atomic mass is 10.2. The van der Waals surface area contributed by atoms with Gasteiger partial charge in [0.2, 0.25) is 0 Å². The summed E-state index contributed by atoms with van der Waals surface area (Å²) in [5, 5.41) is 4.27. The highest BCUT2D eigenvalue weighted by Crippen LogP contribution is 2.21. The Bertz CT molecular complexity index is 850. The van der Waals surface area contributed by atoms with Gasteiger partial charge < -0.3 is 9.47 Å². The average molecular weight is 351 g/mol. The highest BCUT2D eigenvalue weighted by molar-refractivity contribution is 5.88. The number of ether oxygens (including phenoxy) is 2. The number of methoxy groups -OCH3 is 1. The molecule has 132 valence electrons. The van der Waals surface area contributed by atoms with Crippen LogP contribution >= 0.6 is 0 Å². The first-order chi connectivity index (χ1) is 12.6. The smallest absolute Gasteiger partial charge is 0.379 e. The zero-order valence-electron chi connectivity index (χ0n) is 14.3. The predicted octanol–water partition coefficient (Wildman–Crippen LogP) is 2.65. The van der Waals surface area contributed by atoms with Gasteiger partial charge in [0.05, 0.1) is 12.8 Å². The quantitative estimate of drug-likeness (QED) is 0.657. The van der Waals surface area contributed by atoms with Crippen LogP contribution < -0.4 is 0 Å². The molecule has 1 atom stereocenters. The van der Waals surface area contributed by atoms with Gasteiger partial charge in [-0.25, -0.2) is 19.3 Å². The van der Waals surface area contributed by atoms with Crippen LogP contribution in [0.2, 0.25) is 0 Å². The minimum absolute atomic E-state index is 0.136. The van der Waals surface area contributed by atoms with Gasteiger partial charge >= 0.3 is 11.9 Å². The summed E-state index contributed by atoms with van der Waals surface area (Å²) >= 11 is 0. The lowest BCUT2D eigenvalue weighted by Crippen LogP contribution is -2.25. The van der Waals surface area contributed by atoms with Gasteiger partial charge in [-0.3, -0.25) is 0 Å². The number of hydrogen-bond acceptors (Lipinski definition) is 6. The Labute approximate surface area is 150 Å². The summed E-state index contributed by atoms with van der Waals surface area (Å²) in [7, 11) is 1.22. The Morgan fingerprint density at radius 1 is 1.00 bits per heavy atom. The van der Waals surface area contributed by atoms with E-state index in [1.54, 1.807) is 4.68 Å². The Morgan fingerprint density at radius 2 is 1.62 bits per heavy atom. The molecule has 1 heterocycles. The Kier molecular flexibility index (Phi) is 5.07. The maximum atomic E-state index is 12.3. The summed E-state index contributed by atoms with van der Waals surface area (Å²) in [5.74, 6) is -1.09. The highest BCUT2D eigenvalue weighted by Gasteiger charge is 2.24. The van der Waals surface area contributed by atoms with E-state index in [1.807, 2.05) is 60.7 Å². The van der Waals surface area contributed by atoms with Gasteiger partial charge in [-0.15, -0.1) is 5.10 Å². The molecule has 1 aromatic heterocycles. The maximum absolute atomic E-state index is 12.3. The fourth-order valence-electron chi connectivity index (χ4n) is 2.35. The fourth-order valence-corrected chi connectivity index (χ4v) is 2.35. The van der Waals surface area contributed by atoms with Crippen molar-refractivity contribution in [2.75, 3.05) is 7.11 Å². The third-order valence-corrected chi connectivity index (χ3v) is 3.64. The van der Waals surface area contributed by atoms with E-state index in [2.05, 4.69) is 14.8 Å². The first-order valence-electron chi connectivity index (χ1n) is 7.97. The zero-order valence-corrected chi connectivity index (χ0v) is 14.3. The van der Waals surface area contributed by atoms with E-state index < -0.39 is 18.0 Å². The lowest BCUT2D eigenvalue weighted by molar-refractivity contribution is -0.149. The van der Waals surface area contributed by atoms with E-state index in [4.69, 9.17) is 4.74 Å². The van der Waals surface area contributed by atoms with Crippen LogP contribution in [0.25, 0.3) is 17.1 Å². The topological polar surface area (TPSA) is 83.3 Å². The van der Waals surface area contributed by atoms with Crippen LogP contribution in [-0.4, -0.2) is 39.9 Å². The summed E-state index contributed by atoms with van der Waals surface area (Å²) in [6.45, 7) is 1.43. The number of esters is 2. The van der Waals surface area contributed by atoms with E-state index in [-0.39, 0.29) is 5.82 Å². The summed E-state index contributed by atoms with van der Waals surface area (Å²) in [5.41, 5.74) is 1.54. The molecule has 26 heavy (non-hydrogen) atoms. The molecule has 0 aliphatic carbocycles. The number of carbonyl (C=O) groups is 2. The number of benzene rings is 2. The molecule has 0 aliphatic rings. The maximum Gasteiger partial charge on any atom is 0.379 e. The van der Waals surface area contributed by atoms with Crippen molar-refractivity contribution in [2.45, 2.75) is 13.0 Å². The van der Waals surface area contributed by atoms with E-state index in [0.29, 0.717) is 5.82 Å². The second-order valence-corrected chi connectivity index (χ2v) is 5.44. The molecule has 7 nitrogen and oxygen atoms in total. The van der Waals surface area contributed by atoms with E-state index in [9.17, 15) is 9.59 Å². The molecular formula is C19H17N3O4. The molecule has 0 fully saturated rings. The summed E-state index contributed by atoms with van der Waals surface area (Å²) in [6.07, 6.45) is -1.05. The zero-order chi connectivity index (χ0) is 18.5. The molecule has 0 saturated carbocycles. The molecular weight excluding hydrogens is 334 g/mol. The molecule has 2 aromatic carbocycles. The average Bonchev–Trinajstić information content (AvgIpc) is 3.14. The SMILES string of the molecule is COC(=O)C(C)OC(=O)c1nc(-c2ccccc2)n(-c2ccccc2)n1. The van der Waals surface area contributed by atoms with Crippen molar-refractivity contribution in [3.8, 4) is 17.1 Å². The molecule has 0 saturated heterocycles. The van der Waals surface area contributed by atoms with Crippen molar-refractivity contribution < 1.29 is 19.1 Å². The van der Waals surface area contributed by atoms with Crippen LogP contribution in [0.15, 0.2) is 60.7 Å². The number of carbonyl (C=O) groups excluding carboxylic acids is 2. The Balaban J connectivity index is 1.99. The Hall–Kier alpha value is -3.48. The first-order valence-corrected chi connectivity index (χ1v) is 7.97. The number of hydrogen-bond donors (Lipinski definition) is 0. The summed E-state index contributed by atoms with van der Waals surface area (Å²) in [6, 6.07) is 18.7. The third kappa shape index (κ3) is 3.61. The summed E-state index contributed by atoms with van der Waals surface area (Å²) < 4.78 is 11.2. The van der Waals surface area contributed by atoms with Crippen molar-refractivity contribution >= 4 is 11.9 Å². The minimum Gasteiger partial charge on any atom is -0.466 e. The molecule has 0 spiro atoms. The monoisotopic (exact) mass is 351 g/mol. The molecule has 3 rings (SSSR count). The van der Waals surface area contributed by atoms with Gasteiger partial charge in [-0.2, -0.15) is 0 Å². The molecule has 1 unspecified atom stereocenters. The molecule has 3 aromatic rings. The van der Waals surface area contributed by atoms with Crippen LogP contribution in [0.5, 0.6) is 0 Å². The molecule has 7 heteroatoms. The van der Waals surface area contributed by atoms with E-state index in [0.717, 1.165) is 11.3 Å². The van der Waals surface area contributed by atoms with Crippen molar-refractivity contribution in [1.29, 1.82) is 0 Å². The largest absolute Gasteiger partial charge is 0.466 e. The van der Waals surface area contributed by atoms with Gasteiger partial charge in [0.1, 0.15) is 0 Å². The minimum atomic E-state index is -1.05. The molecule has 0 amide bonds. The van der Waals surface area contributed by atoms with Crippen molar-refractivity contribution in [2.24, 2.45) is 0 Å². The number of aromatic nitrogens is 3. The van der Waals surface area contributed by atoms with Crippen molar-refractivity contribution in [1.82, 2.24) is 14.8 Å². The van der Waals surface area contributed by atoms with Gasteiger partial charge in [0.15, 0.2) is 11.9 Å². The van der Waals surface area contributed by atoms with Crippen molar-refractivity contribution in [3.05, 3.63) is 66.5 Å². The Morgan fingerprint density at radius 3 is 2.23 bits per heavy atom. The number of rotatable bonds is 5. The fraction of sp³-hybridized carbons (Fsp3) is 0.158. The second kappa shape index (κ2) is 7.60. The summed E-state index contributed by atoms with van der Waals surface area (Å²) in [4.78, 5) is 28.1. The lowest BCUT2D eigenvalue weighted by Gasteiger charge is -2.08. The standard InChI is InChI=1S/C19H17N3O4/c1-13(18(23)25-2)26-19(24)16-20-17(14-9-5-3-6-10-14)22(21-16)15-11-7-4-8-12-15/h3-13H,1-2H3. The highest BCUT2D eigenvalue weighted by atomic mass is 16.6. The first kappa shape index (κ1) is 17.3.